The second kappa shape index (κ2) is 5.06. The molecule has 1 heterocycles. The fourth-order valence-electron chi connectivity index (χ4n) is 1.73. The lowest BCUT2D eigenvalue weighted by atomic mass is 10.0. The Hall–Kier alpha value is -1.74. The maximum Gasteiger partial charge on any atom is 0.142 e. The maximum absolute atomic E-state index is 13.0. The van der Waals surface area contributed by atoms with Gasteiger partial charge in [-0.25, -0.2) is 4.39 Å². The van der Waals surface area contributed by atoms with E-state index in [1.165, 1.54) is 12.3 Å². The second-order valence-electron chi connectivity index (χ2n) is 4.03. The summed E-state index contributed by atoms with van der Waals surface area (Å²) < 4.78 is 13.0. The van der Waals surface area contributed by atoms with E-state index in [1.54, 1.807) is 6.20 Å². The molecule has 17 heavy (non-hydrogen) atoms. The van der Waals surface area contributed by atoms with Gasteiger partial charge in [0.2, 0.25) is 0 Å². The lowest BCUT2D eigenvalue weighted by molar-refractivity contribution is 0.622. The Morgan fingerprint density at radius 3 is 2.47 bits per heavy atom. The molecule has 0 bridgehead atoms. The number of nitrogens with two attached hydrogens (primary N) is 1. The van der Waals surface area contributed by atoms with E-state index in [9.17, 15) is 4.39 Å². The molecule has 0 aliphatic rings. The largest absolute Gasteiger partial charge is 0.324 e. The topological polar surface area (TPSA) is 38.9 Å². The molecule has 2 rings (SSSR count). The molecule has 3 heteroatoms. The summed E-state index contributed by atoms with van der Waals surface area (Å²) >= 11 is 0. The highest BCUT2D eigenvalue weighted by atomic mass is 19.1. The molecule has 1 unspecified atom stereocenters. The van der Waals surface area contributed by atoms with Crippen LogP contribution in [0.15, 0.2) is 42.7 Å². The quantitative estimate of drug-likeness (QED) is 0.878. The summed E-state index contributed by atoms with van der Waals surface area (Å²) in [5.74, 6) is -0.322. The van der Waals surface area contributed by atoms with E-state index in [2.05, 4.69) is 11.9 Å². The summed E-state index contributed by atoms with van der Waals surface area (Å²) in [6.45, 7) is 2.05. The number of pyridine rings is 1. The minimum Gasteiger partial charge on any atom is -0.324 e. The Balaban J connectivity index is 2.29. The molecule has 2 aromatic rings. The number of halogens is 1. The Labute approximate surface area is 100 Å². The van der Waals surface area contributed by atoms with E-state index in [0.717, 1.165) is 23.1 Å². The van der Waals surface area contributed by atoms with Crippen LogP contribution >= 0.6 is 0 Å². The first kappa shape index (κ1) is 11.7. The summed E-state index contributed by atoms with van der Waals surface area (Å²) in [7, 11) is 0. The van der Waals surface area contributed by atoms with E-state index in [1.807, 2.05) is 24.3 Å². The lowest BCUT2D eigenvalue weighted by Gasteiger charge is -2.09. The third-order valence-corrected chi connectivity index (χ3v) is 2.82. The first-order valence-corrected chi connectivity index (χ1v) is 5.67. The number of benzene rings is 1. The van der Waals surface area contributed by atoms with Gasteiger partial charge in [0.25, 0.3) is 0 Å². The Morgan fingerprint density at radius 2 is 1.88 bits per heavy atom. The van der Waals surface area contributed by atoms with E-state index in [0.29, 0.717) is 0 Å². The van der Waals surface area contributed by atoms with Crippen molar-refractivity contribution in [3.8, 4) is 11.1 Å². The molecule has 0 aliphatic carbocycles. The lowest BCUT2D eigenvalue weighted by Crippen LogP contribution is -2.08. The van der Waals surface area contributed by atoms with Crippen LogP contribution in [0.25, 0.3) is 11.1 Å². The molecule has 0 saturated carbocycles. The van der Waals surface area contributed by atoms with Crippen molar-refractivity contribution in [2.24, 2.45) is 5.73 Å². The molecule has 0 fully saturated rings. The molecule has 1 aromatic heterocycles. The Morgan fingerprint density at radius 1 is 1.18 bits per heavy atom. The highest BCUT2D eigenvalue weighted by Crippen LogP contribution is 2.22. The molecular formula is C14H15FN2. The molecular weight excluding hydrogens is 215 g/mol. The first-order valence-electron chi connectivity index (χ1n) is 5.67. The zero-order chi connectivity index (χ0) is 12.3. The molecule has 0 spiro atoms. The molecule has 1 aromatic carbocycles. The number of hydrogen-bond acceptors (Lipinski definition) is 2. The second-order valence-corrected chi connectivity index (χ2v) is 4.03. The summed E-state index contributed by atoms with van der Waals surface area (Å²) in [4.78, 5) is 3.83. The number of rotatable bonds is 3. The van der Waals surface area contributed by atoms with Gasteiger partial charge in [-0.15, -0.1) is 0 Å². The zero-order valence-corrected chi connectivity index (χ0v) is 9.73. The van der Waals surface area contributed by atoms with Crippen LogP contribution < -0.4 is 5.73 Å². The minimum absolute atomic E-state index is 0.0645. The first-order chi connectivity index (χ1) is 8.20. The summed E-state index contributed by atoms with van der Waals surface area (Å²) in [6.07, 6.45) is 3.75. The average Bonchev–Trinajstić information content (AvgIpc) is 2.38. The van der Waals surface area contributed by atoms with Crippen LogP contribution in [0, 0.1) is 5.82 Å². The molecule has 0 aliphatic heterocycles. The van der Waals surface area contributed by atoms with E-state index >= 15 is 0 Å². The zero-order valence-electron chi connectivity index (χ0n) is 9.73. The van der Waals surface area contributed by atoms with Gasteiger partial charge in [0, 0.05) is 17.8 Å². The predicted molar refractivity (Wildman–Crippen MR) is 66.9 cm³/mol. The van der Waals surface area contributed by atoms with E-state index in [-0.39, 0.29) is 11.9 Å². The van der Waals surface area contributed by atoms with Gasteiger partial charge in [-0.3, -0.25) is 4.98 Å². The van der Waals surface area contributed by atoms with Crippen LogP contribution in [0.2, 0.25) is 0 Å². The van der Waals surface area contributed by atoms with Gasteiger partial charge >= 0.3 is 0 Å². The van der Waals surface area contributed by atoms with Crippen molar-refractivity contribution in [3.63, 3.8) is 0 Å². The van der Waals surface area contributed by atoms with Crippen LogP contribution in [0.1, 0.15) is 24.9 Å². The van der Waals surface area contributed by atoms with Crippen molar-refractivity contribution >= 4 is 0 Å². The third-order valence-electron chi connectivity index (χ3n) is 2.82. The van der Waals surface area contributed by atoms with Crippen LogP contribution in [0.4, 0.5) is 4.39 Å². The monoisotopic (exact) mass is 230 g/mol. The highest BCUT2D eigenvalue weighted by Gasteiger charge is 2.04. The fourth-order valence-corrected chi connectivity index (χ4v) is 1.73. The van der Waals surface area contributed by atoms with Gasteiger partial charge in [0.1, 0.15) is 5.82 Å². The van der Waals surface area contributed by atoms with Gasteiger partial charge in [-0.2, -0.15) is 0 Å². The van der Waals surface area contributed by atoms with E-state index in [4.69, 9.17) is 5.73 Å². The molecule has 0 radical (unpaired) electrons. The molecule has 2 nitrogen and oxygen atoms in total. The van der Waals surface area contributed by atoms with Gasteiger partial charge in [0.05, 0.1) is 6.20 Å². The van der Waals surface area contributed by atoms with Crippen molar-refractivity contribution in [2.45, 2.75) is 19.4 Å². The average molecular weight is 230 g/mol. The maximum atomic E-state index is 13.0. The van der Waals surface area contributed by atoms with E-state index < -0.39 is 0 Å². The summed E-state index contributed by atoms with van der Waals surface area (Å²) in [6, 6.07) is 9.39. The number of aromatic nitrogens is 1. The van der Waals surface area contributed by atoms with Crippen LogP contribution in [-0.2, 0) is 0 Å². The van der Waals surface area contributed by atoms with Crippen molar-refractivity contribution in [3.05, 3.63) is 54.1 Å². The van der Waals surface area contributed by atoms with Crippen molar-refractivity contribution < 1.29 is 4.39 Å². The van der Waals surface area contributed by atoms with Crippen LogP contribution in [0.5, 0.6) is 0 Å². The van der Waals surface area contributed by atoms with Crippen molar-refractivity contribution in [2.75, 3.05) is 0 Å². The Kier molecular flexibility index (Phi) is 3.49. The normalized spacial score (nSPS) is 12.4. The van der Waals surface area contributed by atoms with Crippen molar-refractivity contribution in [1.82, 2.24) is 4.98 Å². The molecule has 2 N–H and O–H groups in total. The molecule has 0 saturated heterocycles. The standard InChI is InChI=1S/C14H15FN2/c1-2-14(16)11-5-3-10(4-6-11)12-7-13(15)9-17-8-12/h3-9,14H,2,16H2,1H3. The van der Waals surface area contributed by atoms with Gasteiger partial charge in [-0.1, -0.05) is 31.2 Å². The SMILES string of the molecule is CCC(N)c1ccc(-c2cncc(F)c2)cc1. The smallest absolute Gasteiger partial charge is 0.142 e. The third kappa shape index (κ3) is 2.68. The minimum atomic E-state index is -0.322. The van der Waals surface area contributed by atoms with Crippen LogP contribution in [-0.4, -0.2) is 4.98 Å². The highest BCUT2D eigenvalue weighted by molar-refractivity contribution is 5.62. The van der Waals surface area contributed by atoms with Crippen LogP contribution in [0.3, 0.4) is 0 Å². The number of nitrogens with zero attached hydrogens (tertiary/aromatic N) is 1. The molecule has 1 atom stereocenters. The van der Waals surface area contributed by atoms with Gasteiger partial charge in [0.15, 0.2) is 0 Å². The van der Waals surface area contributed by atoms with Gasteiger partial charge in [-0.05, 0) is 23.6 Å². The summed E-state index contributed by atoms with van der Waals surface area (Å²) in [5, 5.41) is 0. The molecule has 88 valence electrons. The Bertz CT molecular complexity index is 494. The fraction of sp³-hybridized carbons (Fsp3) is 0.214. The predicted octanol–water partition coefficient (Wildman–Crippen LogP) is 3.30. The summed E-state index contributed by atoms with van der Waals surface area (Å²) in [5.41, 5.74) is 8.76. The molecule has 0 amide bonds. The van der Waals surface area contributed by atoms with Gasteiger partial charge < -0.3 is 5.73 Å². The van der Waals surface area contributed by atoms with Crippen molar-refractivity contribution in [1.29, 1.82) is 0 Å². The number of hydrogen-bond donors (Lipinski definition) is 1.